The van der Waals surface area contributed by atoms with Crippen LogP contribution in [0.3, 0.4) is 0 Å². The summed E-state index contributed by atoms with van der Waals surface area (Å²) in [4.78, 5) is 16.6. The summed E-state index contributed by atoms with van der Waals surface area (Å²) in [6.45, 7) is 6.29. The van der Waals surface area contributed by atoms with Gasteiger partial charge in [-0.25, -0.2) is 4.98 Å². The van der Waals surface area contributed by atoms with E-state index < -0.39 is 0 Å². The summed E-state index contributed by atoms with van der Waals surface area (Å²) in [5.41, 5.74) is 2.28. The lowest BCUT2D eigenvalue weighted by molar-refractivity contribution is -0.121. The molecule has 2 aromatic rings. The molecule has 1 aromatic carbocycles. The van der Waals surface area contributed by atoms with E-state index in [2.05, 4.69) is 41.7 Å². The highest BCUT2D eigenvalue weighted by Gasteiger charge is 2.17. The van der Waals surface area contributed by atoms with Crippen molar-refractivity contribution in [2.24, 2.45) is 5.92 Å². The van der Waals surface area contributed by atoms with Gasteiger partial charge < -0.3 is 5.32 Å². The second-order valence-corrected chi connectivity index (χ2v) is 8.03. The van der Waals surface area contributed by atoms with Gasteiger partial charge >= 0.3 is 0 Å². The van der Waals surface area contributed by atoms with Crippen molar-refractivity contribution in [2.45, 2.75) is 39.0 Å². The number of hydrogen-bond donors (Lipinski definition) is 1. The van der Waals surface area contributed by atoms with Crippen molar-refractivity contribution in [1.29, 1.82) is 0 Å². The first kappa shape index (κ1) is 18.0. The summed E-state index contributed by atoms with van der Waals surface area (Å²) in [7, 11) is 0. The van der Waals surface area contributed by atoms with Gasteiger partial charge in [-0.05, 0) is 18.4 Å². The molecule has 1 atom stereocenters. The maximum atomic E-state index is 12.2. The van der Waals surface area contributed by atoms with Crippen LogP contribution in [0.25, 0.3) is 0 Å². The van der Waals surface area contributed by atoms with Gasteiger partial charge in [0.1, 0.15) is 0 Å². The molecule has 23 heavy (non-hydrogen) atoms. The number of hydrogen-bond acceptors (Lipinski definition) is 4. The van der Waals surface area contributed by atoms with Gasteiger partial charge in [0.25, 0.3) is 0 Å². The molecule has 1 aromatic heterocycles. The number of nitrogens with one attached hydrogen (secondary N) is 1. The molecular formula is C18H24N2OS2. The van der Waals surface area contributed by atoms with Crippen LogP contribution in [0.4, 0.5) is 0 Å². The minimum absolute atomic E-state index is 0.0786. The third-order valence-electron chi connectivity index (χ3n) is 3.53. The second-order valence-electron chi connectivity index (χ2n) is 5.86. The average Bonchev–Trinajstić information content (AvgIpc) is 2.95. The molecule has 0 saturated carbocycles. The summed E-state index contributed by atoms with van der Waals surface area (Å²) in [5, 5.41) is 6.36. The third kappa shape index (κ3) is 5.99. The Bertz CT molecular complexity index is 610. The van der Waals surface area contributed by atoms with Gasteiger partial charge in [0.05, 0.1) is 16.7 Å². The summed E-state index contributed by atoms with van der Waals surface area (Å²) >= 11 is 3.44. The molecule has 0 fully saturated rings. The summed E-state index contributed by atoms with van der Waals surface area (Å²) in [5.74, 6) is 2.19. The Labute approximate surface area is 146 Å². The molecule has 2 rings (SSSR count). The maximum Gasteiger partial charge on any atom is 0.221 e. The van der Waals surface area contributed by atoms with E-state index in [0.717, 1.165) is 22.2 Å². The highest BCUT2D eigenvalue weighted by atomic mass is 32.2. The van der Waals surface area contributed by atoms with E-state index in [0.29, 0.717) is 12.3 Å². The molecule has 0 aliphatic heterocycles. The Balaban J connectivity index is 1.76. The molecule has 1 N–H and O–H groups in total. The number of aromatic nitrogens is 1. The lowest BCUT2D eigenvalue weighted by atomic mass is 9.96. The predicted molar refractivity (Wildman–Crippen MR) is 99.8 cm³/mol. The summed E-state index contributed by atoms with van der Waals surface area (Å²) in [6, 6.07) is 10.3. The number of rotatable bonds is 8. The van der Waals surface area contributed by atoms with Crippen molar-refractivity contribution in [2.75, 3.05) is 5.75 Å². The summed E-state index contributed by atoms with van der Waals surface area (Å²) in [6.07, 6.45) is 0.545. The number of nitrogens with zero attached hydrogens (tertiary/aromatic N) is 1. The van der Waals surface area contributed by atoms with Crippen LogP contribution in [0.15, 0.2) is 35.7 Å². The molecule has 1 heterocycles. The van der Waals surface area contributed by atoms with Crippen LogP contribution < -0.4 is 5.32 Å². The molecule has 1 unspecified atom stereocenters. The van der Waals surface area contributed by atoms with Crippen LogP contribution in [-0.4, -0.2) is 16.6 Å². The Kier molecular flexibility index (Phi) is 7.12. The maximum absolute atomic E-state index is 12.2. The highest BCUT2D eigenvalue weighted by molar-refractivity contribution is 7.98. The predicted octanol–water partition coefficient (Wildman–Crippen LogP) is 4.59. The summed E-state index contributed by atoms with van der Waals surface area (Å²) < 4.78 is 0. The topological polar surface area (TPSA) is 42.0 Å². The van der Waals surface area contributed by atoms with Crippen molar-refractivity contribution in [3.63, 3.8) is 0 Å². The SMILES string of the molecule is Cc1nc(CSCCC(=O)NC(c2ccccc2)C(C)C)cs1. The number of thiazole rings is 1. The van der Waals surface area contributed by atoms with Gasteiger partial charge in [-0.3, -0.25) is 4.79 Å². The monoisotopic (exact) mass is 348 g/mol. The van der Waals surface area contributed by atoms with Crippen molar-refractivity contribution in [3.8, 4) is 0 Å². The Morgan fingerprint density at radius 3 is 2.65 bits per heavy atom. The molecule has 124 valence electrons. The molecule has 0 bridgehead atoms. The van der Waals surface area contributed by atoms with E-state index in [1.165, 1.54) is 5.56 Å². The number of carbonyl (C=O) groups excluding carboxylic acids is 1. The van der Waals surface area contributed by atoms with Gasteiger partial charge in [0.2, 0.25) is 5.91 Å². The molecule has 0 aliphatic carbocycles. The molecule has 0 saturated heterocycles. The minimum atomic E-state index is 0.0786. The fourth-order valence-corrected chi connectivity index (χ4v) is 3.91. The van der Waals surface area contributed by atoms with Crippen LogP contribution >= 0.6 is 23.1 Å². The minimum Gasteiger partial charge on any atom is -0.349 e. The largest absolute Gasteiger partial charge is 0.349 e. The average molecular weight is 349 g/mol. The van der Waals surface area contributed by atoms with E-state index in [4.69, 9.17) is 0 Å². The fraction of sp³-hybridized carbons (Fsp3) is 0.444. The Morgan fingerprint density at radius 2 is 2.04 bits per heavy atom. The first-order chi connectivity index (χ1) is 11.1. The molecule has 0 spiro atoms. The van der Waals surface area contributed by atoms with Crippen LogP contribution in [0.1, 0.15) is 42.6 Å². The zero-order valence-corrected chi connectivity index (χ0v) is 15.5. The van der Waals surface area contributed by atoms with E-state index in [9.17, 15) is 4.79 Å². The van der Waals surface area contributed by atoms with Crippen LogP contribution in [0.5, 0.6) is 0 Å². The van der Waals surface area contributed by atoms with Crippen molar-refractivity contribution in [1.82, 2.24) is 10.3 Å². The number of benzene rings is 1. The first-order valence-corrected chi connectivity index (χ1v) is 9.92. The fourth-order valence-electron chi connectivity index (χ4n) is 2.36. The first-order valence-electron chi connectivity index (χ1n) is 7.89. The van der Waals surface area contributed by atoms with Gasteiger partial charge in [-0.2, -0.15) is 11.8 Å². The van der Waals surface area contributed by atoms with E-state index in [1.54, 1.807) is 23.1 Å². The standard InChI is InChI=1S/C18H24N2OS2/c1-13(2)18(15-7-5-4-6-8-15)20-17(21)9-10-22-11-16-12-23-14(3)19-16/h4-8,12-13,18H,9-11H2,1-3H3,(H,20,21). The molecular weight excluding hydrogens is 324 g/mol. The number of thioether (sulfide) groups is 1. The van der Waals surface area contributed by atoms with E-state index >= 15 is 0 Å². The van der Waals surface area contributed by atoms with E-state index in [1.807, 2.05) is 25.1 Å². The second kappa shape index (κ2) is 9.08. The van der Waals surface area contributed by atoms with Crippen molar-refractivity contribution >= 4 is 29.0 Å². The highest BCUT2D eigenvalue weighted by Crippen LogP contribution is 2.22. The molecule has 1 amide bonds. The number of aryl methyl sites for hydroxylation is 1. The number of amides is 1. The Morgan fingerprint density at radius 1 is 1.30 bits per heavy atom. The normalized spacial score (nSPS) is 12.3. The third-order valence-corrected chi connectivity index (χ3v) is 5.35. The molecule has 0 radical (unpaired) electrons. The Hall–Kier alpha value is -1.33. The van der Waals surface area contributed by atoms with Gasteiger partial charge in [0, 0.05) is 23.3 Å². The number of carbonyl (C=O) groups is 1. The van der Waals surface area contributed by atoms with Gasteiger partial charge in [0.15, 0.2) is 0 Å². The quantitative estimate of drug-likeness (QED) is 0.710. The van der Waals surface area contributed by atoms with Crippen LogP contribution in [-0.2, 0) is 10.5 Å². The van der Waals surface area contributed by atoms with Gasteiger partial charge in [-0.1, -0.05) is 44.2 Å². The van der Waals surface area contributed by atoms with Crippen molar-refractivity contribution in [3.05, 3.63) is 52.0 Å². The zero-order valence-electron chi connectivity index (χ0n) is 13.9. The molecule has 3 nitrogen and oxygen atoms in total. The lowest BCUT2D eigenvalue weighted by Crippen LogP contribution is -2.31. The van der Waals surface area contributed by atoms with E-state index in [-0.39, 0.29) is 11.9 Å². The van der Waals surface area contributed by atoms with Crippen molar-refractivity contribution < 1.29 is 4.79 Å². The molecule has 0 aliphatic rings. The smallest absolute Gasteiger partial charge is 0.221 e. The van der Waals surface area contributed by atoms with Crippen LogP contribution in [0, 0.1) is 12.8 Å². The molecule has 5 heteroatoms. The van der Waals surface area contributed by atoms with Crippen LogP contribution in [0.2, 0.25) is 0 Å². The van der Waals surface area contributed by atoms with Gasteiger partial charge in [-0.15, -0.1) is 11.3 Å². The lowest BCUT2D eigenvalue weighted by Gasteiger charge is -2.23. The zero-order chi connectivity index (χ0) is 16.7.